The fourth-order valence-corrected chi connectivity index (χ4v) is 3.06. The van der Waals surface area contributed by atoms with Crippen molar-refractivity contribution in [2.75, 3.05) is 0 Å². The molecule has 3 aromatic carbocycles. The summed E-state index contributed by atoms with van der Waals surface area (Å²) in [7, 11) is 0. The average molecular weight is 421 g/mol. The highest BCUT2D eigenvalue weighted by Crippen LogP contribution is 2.23. The number of esters is 1. The van der Waals surface area contributed by atoms with Crippen LogP contribution in [0.3, 0.4) is 0 Å². The molecule has 3 nitrogen and oxygen atoms in total. The summed E-state index contributed by atoms with van der Waals surface area (Å²) in [6.07, 6.45) is 3.82. The second-order valence-corrected chi connectivity index (χ2v) is 7.79. The van der Waals surface area contributed by atoms with Crippen LogP contribution in [0.2, 0.25) is 5.02 Å². The molecule has 1 unspecified atom stereocenters. The molecule has 4 heteroatoms. The van der Waals surface area contributed by atoms with Crippen molar-refractivity contribution < 1.29 is 14.3 Å². The molecular weight excluding hydrogens is 396 g/mol. The maximum Gasteiger partial charge on any atom is 0.313 e. The summed E-state index contributed by atoms with van der Waals surface area (Å²) in [4.78, 5) is 12.7. The van der Waals surface area contributed by atoms with Crippen LogP contribution in [0.1, 0.15) is 25.0 Å². The smallest absolute Gasteiger partial charge is 0.313 e. The SMILES string of the molecule is CC(C)C(C=Cc1ccc(Cl)cc1)C(=O)OCc1cccc(Oc2ccccc2)c1. The van der Waals surface area contributed by atoms with E-state index in [9.17, 15) is 4.79 Å². The van der Waals surface area contributed by atoms with E-state index in [1.807, 2.05) is 105 Å². The summed E-state index contributed by atoms with van der Waals surface area (Å²) in [6.45, 7) is 4.21. The van der Waals surface area contributed by atoms with Gasteiger partial charge in [-0.3, -0.25) is 4.79 Å². The van der Waals surface area contributed by atoms with E-state index in [-0.39, 0.29) is 24.4 Å². The van der Waals surface area contributed by atoms with Gasteiger partial charge in [0.25, 0.3) is 0 Å². The molecule has 154 valence electrons. The summed E-state index contributed by atoms with van der Waals surface area (Å²) in [6, 6.07) is 24.6. The highest BCUT2D eigenvalue weighted by Gasteiger charge is 2.21. The third kappa shape index (κ3) is 6.50. The van der Waals surface area contributed by atoms with Gasteiger partial charge < -0.3 is 9.47 Å². The number of hydrogen-bond acceptors (Lipinski definition) is 3. The quantitative estimate of drug-likeness (QED) is 0.362. The van der Waals surface area contributed by atoms with E-state index in [1.54, 1.807) is 0 Å². The summed E-state index contributed by atoms with van der Waals surface area (Å²) in [5.41, 5.74) is 1.87. The third-order valence-corrected chi connectivity index (χ3v) is 4.87. The molecule has 0 heterocycles. The Balaban J connectivity index is 1.61. The van der Waals surface area contributed by atoms with Crippen LogP contribution in [0.4, 0.5) is 0 Å². The highest BCUT2D eigenvalue weighted by atomic mass is 35.5. The molecule has 0 aliphatic heterocycles. The van der Waals surface area contributed by atoms with Gasteiger partial charge >= 0.3 is 5.97 Å². The van der Waals surface area contributed by atoms with Gasteiger partial charge in [0.15, 0.2) is 0 Å². The number of carbonyl (C=O) groups is 1. The normalized spacial score (nSPS) is 12.1. The predicted octanol–water partition coefficient (Wildman–Crippen LogP) is 7.16. The van der Waals surface area contributed by atoms with Gasteiger partial charge in [0.2, 0.25) is 0 Å². The largest absolute Gasteiger partial charge is 0.460 e. The molecule has 0 aliphatic rings. The minimum Gasteiger partial charge on any atom is -0.460 e. The lowest BCUT2D eigenvalue weighted by Gasteiger charge is -2.16. The number of hydrogen-bond donors (Lipinski definition) is 0. The molecule has 0 amide bonds. The number of ether oxygens (including phenoxy) is 2. The molecular formula is C26H25ClO3. The predicted molar refractivity (Wildman–Crippen MR) is 122 cm³/mol. The first-order chi connectivity index (χ1) is 14.5. The molecule has 0 N–H and O–H groups in total. The first-order valence-electron chi connectivity index (χ1n) is 9.93. The lowest BCUT2D eigenvalue weighted by atomic mass is 9.95. The van der Waals surface area contributed by atoms with Gasteiger partial charge in [0, 0.05) is 5.02 Å². The number of halogens is 1. The van der Waals surface area contributed by atoms with E-state index in [4.69, 9.17) is 21.1 Å². The van der Waals surface area contributed by atoms with Crippen LogP contribution in [0.5, 0.6) is 11.5 Å². The Hall–Kier alpha value is -3.04. The number of benzene rings is 3. The molecule has 0 aliphatic carbocycles. The summed E-state index contributed by atoms with van der Waals surface area (Å²) in [5, 5.41) is 0.686. The lowest BCUT2D eigenvalue weighted by molar-refractivity contribution is -0.149. The minimum absolute atomic E-state index is 0.119. The molecule has 0 bridgehead atoms. The van der Waals surface area contributed by atoms with E-state index in [2.05, 4.69) is 0 Å². The van der Waals surface area contributed by atoms with E-state index in [0.717, 1.165) is 16.9 Å². The van der Waals surface area contributed by atoms with Gasteiger partial charge in [-0.1, -0.05) is 80.1 Å². The zero-order valence-electron chi connectivity index (χ0n) is 17.1. The van der Waals surface area contributed by atoms with Crippen LogP contribution >= 0.6 is 11.6 Å². The second kappa shape index (κ2) is 10.7. The van der Waals surface area contributed by atoms with Crippen LogP contribution in [0.25, 0.3) is 6.08 Å². The Morgan fingerprint density at radius 1 is 0.933 bits per heavy atom. The van der Waals surface area contributed by atoms with Gasteiger partial charge in [-0.15, -0.1) is 0 Å². The van der Waals surface area contributed by atoms with Crippen molar-refractivity contribution in [1.82, 2.24) is 0 Å². The van der Waals surface area contributed by atoms with Crippen molar-refractivity contribution in [3.05, 3.63) is 101 Å². The molecule has 0 spiro atoms. The van der Waals surface area contributed by atoms with E-state index in [0.29, 0.717) is 10.8 Å². The minimum atomic E-state index is -0.329. The van der Waals surface area contributed by atoms with Crippen molar-refractivity contribution in [2.45, 2.75) is 20.5 Å². The summed E-state index contributed by atoms with van der Waals surface area (Å²) < 4.78 is 11.4. The van der Waals surface area contributed by atoms with Gasteiger partial charge in [-0.2, -0.15) is 0 Å². The molecule has 1 atom stereocenters. The van der Waals surface area contributed by atoms with Crippen LogP contribution in [-0.4, -0.2) is 5.97 Å². The number of rotatable bonds is 8. The van der Waals surface area contributed by atoms with Gasteiger partial charge in [-0.25, -0.2) is 0 Å². The molecule has 0 aromatic heterocycles. The first kappa shape index (κ1) is 21.7. The summed E-state index contributed by atoms with van der Waals surface area (Å²) >= 11 is 5.92. The first-order valence-corrected chi connectivity index (χ1v) is 10.3. The van der Waals surface area contributed by atoms with E-state index >= 15 is 0 Å². The molecule has 0 saturated heterocycles. The second-order valence-electron chi connectivity index (χ2n) is 7.35. The van der Waals surface area contributed by atoms with Gasteiger partial charge in [0.1, 0.15) is 18.1 Å². The third-order valence-electron chi connectivity index (χ3n) is 4.61. The Morgan fingerprint density at radius 2 is 1.63 bits per heavy atom. The standard InChI is InChI=1S/C26H25ClO3/c1-19(2)25(16-13-20-11-14-22(27)15-12-20)26(28)29-18-21-7-6-10-24(17-21)30-23-8-4-3-5-9-23/h3-17,19,25H,18H2,1-2H3. The van der Waals surface area contributed by atoms with Crippen molar-refractivity contribution in [2.24, 2.45) is 11.8 Å². The van der Waals surface area contributed by atoms with Crippen molar-refractivity contribution in [3.63, 3.8) is 0 Å². The monoisotopic (exact) mass is 420 g/mol. The molecule has 0 radical (unpaired) electrons. The van der Waals surface area contributed by atoms with E-state index in [1.165, 1.54) is 0 Å². The Labute approximate surface area is 182 Å². The Kier molecular flexibility index (Phi) is 7.69. The average Bonchev–Trinajstić information content (AvgIpc) is 2.74. The van der Waals surface area contributed by atoms with Crippen LogP contribution in [-0.2, 0) is 16.1 Å². The molecule has 30 heavy (non-hydrogen) atoms. The molecule has 3 aromatic rings. The lowest BCUT2D eigenvalue weighted by Crippen LogP contribution is -2.20. The molecule has 0 saturated carbocycles. The summed E-state index contributed by atoms with van der Waals surface area (Å²) in [5.74, 6) is 1.01. The fourth-order valence-electron chi connectivity index (χ4n) is 2.94. The van der Waals surface area contributed by atoms with Gasteiger partial charge in [0.05, 0.1) is 5.92 Å². The van der Waals surface area contributed by atoms with Gasteiger partial charge in [-0.05, 0) is 53.4 Å². The highest BCUT2D eigenvalue weighted by molar-refractivity contribution is 6.30. The Morgan fingerprint density at radius 3 is 2.33 bits per heavy atom. The maximum absolute atomic E-state index is 12.7. The fraction of sp³-hybridized carbons (Fsp3) is 0.192. The van der Waals surface area contributed by atoms with Crippen molar-refractivity contribution in [1.29, 1.82) is 0 Å². The van der Waals surface area contributed by atoms with Crippen molar-refractivity contribution >= 4 is 23.6 Å². The number of carbonyl (C=O) groups excluding carboxylic acids is 1. The molecule has 0 fully saturated rings. The number of para-hydroxylation sites is 1. The molecule has 3 rings (SSSR count). The topological polar surface area (TPSA) is 35.5 Å². The Bertz CT molecular complexity index is 979. The zero-order valence-corrected chi connectivity index (χ0v) is 17.9. The zero-order chi connectivity index (χ0) is 21.3. The van der Waals surface area contributed by atoms with Crippen LogP contribution in [0.15, 0.2) is 84.9 Å². The van der Waals surface area contributed by atoms with Crippen LogP contribution < -0.4 is 4.74 Å². The van der Waals surface area contributed by atoms with Crippen molar-refractivity contribution in [3.8, 4) is 11.5 Å². The van der Waals surface area contributed by atoms with Crippen LogP contribution in [0, 0.1) is 11.8 Å². The maximum atomic E-state index is 12.7. The van der Waals surface area contributed by atoms with E-state index < -0.39 is 0 Å².